The zero-order valence-electron chi connectivity index (χ0n) is 13.2. The summed E-state index contributed by atoms with van der Waals surface area (Å²) in [7, 11) is -3.76. The SMILES string of the molecule is O=C(Nc1ccc(Cl)c(S(=O)(=O)N2CCOCC2)c1)c1ccncc1. The summed E-state index contributed by atoms with van der Waals surface area (Å²) in [6.07, 6.45) is 3.01. The van der Waals surface area contributed by atoms with Crippen molar-refractivity contribution in [1.29, 1.82) is 0 Å². The summed E-state index contributed by atoms with van der Waals surface area (Å²) in [5, 5.41) is 2.77. The third kappa shape index (κ3) is 3.98. The Kier molecular flexibility index (Phi) is 5.33. The van der Waals surface area contributed by atoms with E-state index < -0.39 is 10.0 Å². The number of ether oxygens (including phenoxy) is 1. The normalized spacial score (nSPS) is 15.7. The fraction of sp³-hybridized carbons (Fsp3) is 0.250. The van der Waals surface area contributed by atoms with E-state index in [1.165, 1.54) is 28.8 Å². The van der Waals surface area contributed by atoms with Crippen LogP contribution in [0.5, 0.6) is 0 Å². The van der Waals surface area contributed by atoms with Crippen LogP contribution in [0.3, 0.4) is 0 Å². The van der Waals surface area contributed by atoms with Crippen molar-refractivity contribution in [3.8, 4) is 0 Å². The molecule has 0 radical (unpaired) electrons. The minimum atomic E-state index is -3.76. The molecular formula is C16H16ClN3O4S. The van der Waals surface area contributed by atoms with Crippen LogP contribution in [0.1, 0.15) is 10.4 Å². The number of sulfonamides is 1. The third-order valence-electron chi connectivity index (χ3n) is 3.72. The monoisotopic (exact) mass is 381 g/mol. The molecule has 2 aromatic rings. The minimum Gasteiger partial charge on any atom is -0.379 e. The lowest BCUT2D eigenvalue weighted by molar-refractivity contribution is 0.0730. The van der Waals surface area contributed by atoms with E-state index in [0.29, 0.717) is 24.5 Å². The lowest BCUT2D eigenvalue weighted by Crippen LogP contribution is -2.40. The Morgan fingerprint density at radius 3 is 2.52 bits per heavy atom. The van der Waals surface area contributed by atoms with E-state index in [4.69, 9.17) is 16.3 Å². The predicted octanol–water partition coefficient (Wildman–Crippen LogP) is 2.01. The van der Waals surface area contributed by atoms with Gasteiger partial charge in [-0.2, -0.15) is 4.31 Å². The number of aromatic nitrogens is 1. The third-order valence-corrected chi connectivity index (χ3v) is 6.10. The van der Waals surface area contributed by atoms with Crippen molar-refractivity contribution < 1.29 is 17.9 Å². The van der Waals surface area contributed by atoms with E-state index in [9.17, 15) is 13.2 Å². The van der Waals surface area contributed by atoms with Gasteiger partial charge < -0.3 is 10.1 Å². The first kappa shape index (κ1) is 17.8. The van der Waals surface area contributed by atoms with Gasteiger partial charge in [0.05, 0.1) is 18.2 Å². The van der Waals surface area contributed by atoms with Gasteiger partial charge in [0.25, 0.3) is 5.91 Å². The van der Waals surface area contributed by atoms with Gasteiger partial charge in [0, 0.05) is 36.7 Å². The number of hydrogen-bond acceptors (Lipinski definition) is 5. The molecule has 0 saturated carbocycles. The number of halogens is 1. The Morgan fingerprint density at radius 2 is 1.84 bits per heavy atom. The van der Waals surface area contributed by atoms with Crippen LogP contribution in [0.15, 0.2) is 47.6 Å². The number of hydrogen-bond donors (Lipinski definition) is 1. The molecule has 3 rings (SSSR count). The standard InChI is InChI=1S/C16H16ClN3O4S/c17-14-2-1-13(19-16(21)12-3-5-18-6-4-12)11-15(14)25(22,23)20-7-9-24-10-8-20/h1-6,11H,7-10H2,(H,19,21). The van der Waals surface area contributed by atoms with Gasteiger partial charge >= 0.3 is 0 Å². The second kappa shape index (κ2) is 7.49. The number of nitrogens with zero attached hydrogens (tertiary/aromatic N) is 2. The van der Waals surface area contributed by atoms with Crippen LogP contribution in [0, 0.1) is 0 Å². The molecule has 0 spiro atoms. The van der Waals surface area contributed by atoms with Crippen molar-refractivity contribution in [2.75, 3.05) is 31.6 Å². The summed E-state index contributed by atoms with van der Waals surface area (Å²) >= 11 is 6.10. The lowest BCUT2D eigenvalue weighted by Gasteiger charge is -2.26. The minimum absolute atomic E-state index is 0.0383. The molecule has 132 valence electrons. The van der Waals surface area contributed by atoms with E-state index in [0.717, 1.165) is 0 Å². The molecule has 0 aliphatic carbocycles. The van der Waals surface area contributed by atoms with Crippen molar-refractivity contribution in [2.24, 2.45) is 0 Å². The summed E-state index contributed by atoms with van der Waals surface area (Å²) < 4.78 is 32.1. The summed E-state index contributed by atoms with van der Waals surface area (Å²) in [5.74, 6) is -0.362. The molecule has 9 heteroatoms. The number of morpholine rings is 1. The topological polar surface area (TPSA) is 88.6 Å². The lowest BCUT2D eigenvalue weighted by atomic mass is 10.2. The Morgan fingerprint density at radius 1 is 1.16 bits per heavy atom. The molecule has 1 saturated heterocycles. The van der Waals surface area contributed by atoms with E-state index in [1.807, 2.05) is 0 Å². The summed E-state index contributed by atoms with van der Waals surface area (Å²) in [5.41, 5.74) is 0.764. The number of carbonyl (C=O) groups excluding carboxylic acids is 1. The Bertz CT molecular complexity index is 868. The van der Waals surface area contributed by atoms with Gasteiger partial charge in [-0.15, -0.1) is 0 Å². The highest BCUT2D eigenvalue weighted by molar-refractivity contribution is 7.89. The second-order valence-corrected chi connectivity index (χ2v) is 7.67. The molecule has 1 N–H and O–H groups in total. The predicted molar refractivity (Wildman–Crippen MR) is 93.2 cm³/mol. The van der Waals surface area contributed by atoms with E-state index in [2.05, 4.69) is 10.3 Å². The fourth-order valence-electron chi connectivity index (χ4n) is 2.41. The van der Waals surface area contributed by atoms with Crippen molar-refractivity contribution in [3.63, 3.8) is 0 Å². The highest BCUT2D eigenvalue weighted by Crippen LogP contribution is 2.28. The quantitative estimate of drug-likeness (QED) is 0.875. The number of carbonyl (C=O) groups is 1. The van der Waals surface area contributed by atoms with Crippen LogP contribution in [0.4, 0.5) is 5.69 Å². The molecule has 0 bridgehead atoms. The second-order valence-electron chi connectivity index (χ2n) is 5.35. The van der Waals surface area contributed by atoms with Crippen molar-refractivity contribution in [1.82, 2.24) is 9.29 Å². The molecule has 1 aliphatic heterocycles. The Balaban J connectivity index is 1.86. The molecule has 1 fully saturated rings. The van der Waals surface area contributed by atoms with Gasteiger partial charge in [-0.25, -0.2) is 8.42 Å². The average molecular weight is 382 g/mol. The maximum absolute atomic E-state index is 12.8. The largest absolute Gasteiger partial charge is 0.379 e. The molecular weight excluding hydrogens is 366 g/mol. The Hall–Kier alpha value is -2.00. The zero-order chi connectivity index (χ0) is 17.9. The van der Waals surface area contributed by atoms with Crippen LogP contribution < -0.4 is 5.32 Å². The highest BCUT2D eigenvalue weighted by Gasteiger charge is 2.28. The molecule has 2 heterocycles. The molecule has 1 aliphatic rings. The van der Waals surface area contributed by atoms with Gasteiger partial charge in [-0.05, 0) is 30.3 Å². The molecule has 1 aromatic heterocycles. The molecule has 0 unspecified atom stereocenters. The van der Waals surface area contributed by atoms with Crippen LogP contribution in [0.2, 0.25) is 5.02 Å². The van der Waals surface area contributed by atoms with Crippen molar-refractivity contribution >= 4 is 33.2 Å². The van der Waals surface area contributed by atoms with Gasteiger partial charge in [-0.1, -0.05) is 11.6 Å². The van der Waals surface area contributed by atoms with Crippen LogP contribution >= 0.6 is 11.6 Å². The number of benzene rings is 1. The maximum Gasteiger partial charge on any atom is 0.255 e. The first-order valence-electron chi connectivity index (χ1n) is 7.57. The Labute approximate surface area is 150 Å². The molecule has 25 heavy (non-hydrogen) atoms. The van der Waals surface area contributed by atoms with Crippen LogP contribution in [0.25, 0.3) is 0 Å². The first-order valence-corrected chi connectivity index (χ1v) is 9.39. The summed E-state index contributed by atoms with van der Waals surface area (Å²) in [6.45, 7) is 1.23. The number of anilines is 1. The number of rotatable bonds is 4. The molecule has 7 nitrogen and oxygen atoms in total. The molecule has 1 aromatic carbocycles. The van der Waals surface area contributed by atoms with Gasteiger partial charge in [0.2, 0.25) is 10.0 Å². The average Bonchev–Trinajstić information content (AvgIpc) is 2.64. The number of pyridine rings is 1. The van der Waals surface area contributed by atoms with Crippen LogP contribution in [-0.2, 0) is 14.8 Å². The van der Waals surface area contributed by atoms with Crippen molar-refractivity contribution in [3.05, 3.63) is 53.3 Å². The van der Waals surface area contributed by atoms with E-state index in [-0.39, 0.29) is 28.9 Å². The maximum atomic E-state index is 12.8. The molecule has 0 atom stereocenters. The van der Waals surface area contributed by atoms with E-state index in [1.54, 1.807) is 18.2 Å². The van der Waals surface area contributed by atoms with Gasteiger partial charge in [-0.3, -0.25) is 9.78 Å². The summed E-state index contributed by atoms with van der Waals surface area (Å²) in [6, 6.07) is 7.51. The van der Waals surface area contributed by atoms with Crippen molar-refractivity contribution in [2.45, 2.75) is 4.90 Å². The number of amides is 1. The van der Waals surface area contributed by atoms with Gasteiger partial charge in [0.15, 0.2) is 0 Å². The zero-order valence-corrected chi connectivity index (χ0v) is 14.8. The van der Waals surface area contributed by atoms with Gasteiger partial charge in [0.1, 0.15) is 4.90 Å². The first-order chi connectivity index (χ1) is 12.0. The van der Waals surface area contributed by atoms with Crippen LogP contribution in [-0.4, -0.2) is 49.9 Å². The molecule has 1 amide bonds. The summed E-state index contributed by atoms with van der Waals surface area (Å²) in [4.78, 5) is 16.0. The number of nitrogens with one attached hydrogen (secondary N) is 1. The fourth-order valence-corrected chi connectivity index (χ4v) is 4.32. The van der Waals surface area contributed by atoms with E-state index >= 15 is 0 Å². The highest BCUT2D eigenvalue weighted by atomic mass is 35.5. The smallest absolute Gasteiger partial charge is 0.255 e.